The first-order valence-electron chi connectivity index (χ1n) is 6.53. The molecule has 0 aromatic carbocycles. The second-order valence-corrected chi connectivity index (χ2v) is 5.95. The summed E-state index contributed by atoms with van der Waals surface area (Å²) in [5, 5.41) is 1.03. The zero-order valence-electron chi connectivity index (χ0n) is 10.9. The second-order valence-electron chi connectivity index (χ2n) is 5.13. The van der Waals surface area contributed by atoms with Crippen molar-refractivity contribution in [2.45, 2.75) is 37.0 Å². The van der Waals surface area contributed by atoms with Gasteiger partial charge in [-0.2, -0.15) is 0 Å². The van der Waals surface area contributed by atoms with E-state index in [0.717, 1.165) is 30.0 Å². The molecule has 1 aliphatic carbocycles. The van der Waals surface area contributed by atoms with Crippen LogP contribution in [-0.4, -0.2) is 41.5 Å². The molecule has 0 N–H and O–H groups in total. The number of nitrogens with zero attached hydrogens (tertiary/aromatic N) is 3. The highest BCUT2D eigenvalue weighted by Crippen LogP contribution is 2.37. The largest absolute Gasteiger partial charge is 0.371 e. The number of morpholine rings is 1. The standard InChI is InChI=1S/C13H19N3OS/c1-9-7-16(8-11(17-9)10-3-4-10)13-14-6-5-12(15-13)18-2/h5-6,9-11H,3-4,7-8H2,1-2H3/t9-,11+/m1/s1. The number of hydrogen-bond acceptors (Lipinski definition) is 5. The topological polar surface area (TPSA) is 38.2 Å². The third-order valence-electron chi connectivity index (χ3n) is 3.54. The third-order valence-corrected chi connectivity index (χ3v) is 4.19. The number of aromatic nitrogens is 2. The molecule has 0 amide bonds. The van der Waals surface area contributed by atoms with Gasteiger partial charge in [-0.05, 0) is 38.0 Å². The highest BCUT2D eigenvalue weighted by molar-refractivity contribution is 7.98. The molecule has 1 saturated carbocycles. The normalized spacial score (nSPS) is 28.4. The molecule has 5 heteroatoms. The Hall–Kier alpha value is -0.810. The lowest BCUT2D eigenvalue weighted by Gasteiger charge is -2.37. The van der Waals surface area contributed by atoms with Crippen molar-refractivity contribution in [1.29, 1.82) is 0 Å². The number of thioether (sulfide) groups is 1. The number of ether oxygens (including phenoxy) is 1. The van der Waals surface area contributed by atoms with Crippen LogP contribution in [0.3, 0.4) is 0 Å². The Labute approximate surface area is 112 Å². The van der Waals surface area contributed by atoms with E-state index in [-0.39, 0.29) is 6.10 Å². The first-order chi connectivity index (χ1) is 8.76. The molecule has 18 heavy (non-hydrogen) atoms. The zero-order chi connectivity index (χ0) is 12.5. The fourth-order valence-electron chi connectivity index (χ4n) is 2.48. The van der Waals surface area contributed by atoms with Crippen molar-refractivity contribution in [3.63, 3.8) is 0 Å². The van der Waals surface area contributed by atoms with Crippen molar-refractivity contribution in [3.8, 4) is 0 Å². The maximum atomic E-state index is 6.02. The van der Waals surface area contributed by atoms with E-state index in [1.165, 1.54) is 12.8 Å². The lowest BCUT2D eigenvalue weighted by atomic mass is 10.1. The van der Waals surface area contributed by atoms with Gasteiger partial charge in [-0.25, -0.2) is 9.97 Å². The summed E-state index contributed by atoms with van der Waals surface area (Å²) in [6.07, 6.45) is 7.16. The average molecular weight is 265 g/mol. The quantitative estimate of drug-likeness (QED) is 0.619. The minimum absolute atomic E-state index is 0.269. The highest BCUT2D eigenvalue weighted by atomic mass is 32.2. The molecule has 4 nitrogen and oxygen atoms in total. The molecule has 0 bridgehead atoms. The summed E-state index contributed by atoms with van der Waals surface area (Å²) in [6, 6.07) is 1.95. The Morgan fingerprint density at radius 3 is 2.94 bits per heavy atom. The van der Waals surface area contributed by atoms with E-state index in [0.29, 0.717) is 6.10 Å². The summed E-state index contributed by atoms with van der Waals surface area (Å²) in [5.41, 5.74) is 0. The molecule has 2 atom stereocenters. The Kier molecular flexibility index (Phi) is 3.43. The van der Waals surface area contributed by atoms with Crippen LogP contribution in [0.5, 0.6) is 0 Å². The third kappa shape index (κ3) is 2.62. The van der Waals surface area contributed by atoms with Crippen LogP contribution in [0.15, 0.2) is 17.3 Å². The smallest absolute Gasteiger partial charge is 0.226 e. The van der Waals surface area contributed by atoms with Crippen molar-refractivity contribution in [1.82, 2.24) is 9.97 Å². The van der Waals surface area contributed by atoms with E-state index in [2.05, 4.69) is 21.8 Å². The number of anilines is 1. The summed E-state index contributed by atoms with van der Waals surface area (Å²) < 4.78 is 6.02. The molecule has 0 unspecified atom stereocenters. The van der Waals surface area contributed by atoms with Gasteiger partial charge in [0, 0.05) is 19.3 Å². The maximum absolute atomic E-state index is 6.02. The molecule has 0 radical (unpaired) electrons. The SMILES string of the molecule is CSc1ccnc(N2C[C@@H](C)O[C@H](C3CC3)C2)n1. The van der Waals surface area contributed by atoms with E-state index in [1.54, 1.807) is 11.8 Å². The minimum atomic E-state index is 0.269. The fourth-order valence-corrected chi connectivity index (χ4v) is 2.85. The second kappa shape index (κ2) is 5.05. The highest BCUT2D eigenvalue weighted by Gasteiger charge is 2.37. The van der Waals surface area contributed by atoms with Gasteiger partial charge in [0.25, 0.3) is 0 Å². The molecule has 1 saturated heterocycles. The van der Waals surface area contributed by atoms with Crippen LogP contribution < -0.4 is 4.90 Å². The summed E-state index contributed by atoms with van der Waals surface area (Å²) in [7, 11) is 0. The van der Waals surface area contributed by atoms with Gasteiger partial charge in [-0.15, -0.1) is 11.8 Å². The van der Waals surface area contributed by atoms with E-state index < -0.39 is 0 Å². The van der Waals surface area contributed by atoms with Crippen molar-refractivity contribution in [2.75, 3.05) is 24.2 Å². The van der Waals surface area contributed by atoms with E-state index in [9.17, 15) is 0 Å². The fraction of sp³-hybridized carbons (Fsp3) is 0.692. The Bertz CT molecular complexity index is 424. The van der Waals surface area contributed by atoms with Gasteiger partial charge in [0.05, 0.1) is 12.2 Å². The monoisotopic (exact) mass is 265 g/mol. The summed E-state index contributed by atoms with van der Waals surface area (Å²) >= 11 is 1.66. The van der Waals surface area contributed by atoms with Crippen LogP contribution in [0.4, 0.5) is 5.95 Å². The minimum Gasteiger partial charge on any atom is -0.371 e. The summed E-state index contributed by atoms with van der Waals surface area (Å²) in [5.74, 6) is 1.61. The molecule has 1 aromatic rings. The average Bonchev–Trinajstić information content (AvgIpc) is 3.22. The van der Waals surface area contributed by atoms with Crippen molar-refractivity contribution in [2.24, 2.45) is 5.92 Å². The molecular weight excluding hydrogens is 246 g/mol. The lowest BCUT2D eigenvalue weighted by molar-refractivity contribution is -0.0276. The van der Waals surface area contributed by atoms with Crippen LogP contribution in [0.2, 0.25) is 0 Å². The van der Waals surface area contributed by atoms with Gasteiger partial charge >= 0.3 is 0 Å². The van der Waals surface area contributed by atoms with Gasteiger partial charge in [0.2, 0.25) is 5.95 Å². The van der Waals surface area contributed by atoms with Crippen LogP contribution in [0.1, 0.15) is 19.8 Å². The summed E-state index contributed by atoms with van der Waals surface area (Å²) in [6.45, 7) is 3.97. The molecule has 3 rings (SSSR count). The van der Waals surface area contributed by atoms with Crippen molar-refractivity contribution < 1.29 is 4.74 Å². The van der Waals surface area contributed by atoms with E-state index in [4.69, 9.17) is 4.74 Å². The van der Waals surface area contributed by atoms with Gasteiger partial charge in [0.1, 0.15) is 5.03 Å². The van der Waals surface area contributed by atoms with Crippen LogP contribution >= 0.6 is 11.8 Å². The Morgan fingerprint density at radius 1 is 1.39 bits per heavy atom. The molecule has 2 heterocycles. The van der Waals surface area contributed by atoms with Crippen molar-refractivity contribution >= 4 is 17.7 Å². The van der Waals surface area contributed by atoms with Gasteiger partial charge in [-0.3, -0.25) is 0 Å². The maximum Gasteiger partial charge on any atom is 0.226 e. The van der Waals surface area contributed by atoms with Gasteiger partial charge in [-0.1, -0.05) is 0 Å². The molecule has 1 aliphatic heterocycles. The predicted octanol–water partition coefficient (Wildman–Crippen LogP) is 2.20. The Morgan fingerprint density at radius 2 is 2.22 bits per heavy atom. The first-order valence-corrected chi connectivity index (χ1v) is 7.76. The molecular formula is C13H19N3OS. The first kappa shape index (κ1) is 12.2. The van der Waals surface area contributed by atoms with Crippen molar-refractivity contribution in [3.05, 3.63) is 12.3 Å². The Balaban J connectivity index is 1.76. The van der Waals surface area contributed by atoms with E-state index in [1.807, 2.05) is 18.5 Å². The number of rotatable bonds is 3. The van der Waals surface area contributed by atoms with E-state index >= 15 is 0 Å². The molecule has 98 valence electrons. The summed E-state index contributed by atoms with van der Waals surface area (Å²) in [4.78, 5) is 11.3. The van der Waals surface area contributed by atoms with Crippen LogP contribution in [0.25, 0.3) is 0 Å². The predicted molar refractivity (Wildman–Crippen MR) is 73.1 cm³/mol. The van der Waals surface area contributed by atoms with Gasteiger partial charge < -0.3 is 9.64 Å². The molecule has 2 aliphatic rings. The molecule has 2 fully saturated rings. The van der Waals surface area contributed by atoms with Gasteiger partial charge in [0.15, 0.2) is 0 Å². The molecule has 1 aromatic heterocycles. The molecule has 0 spiro atoms. The lowest BCUT2D eigenvalue weighted by Crippen LogP contribution is -2.48. The van der Waals surface area contributed by atoms with Crippen LogP contribution in [-0.2, 0) is 4.74 Å². The van der Waals surface area contributed by atoms with Crippen LogP contribution in [0, 0.1) is 5.92 Å². The number of hydrogen-bond donors (Lipinski definition) is 0. The zero-order valence-corrected chi connectivity index (χ0v) is 11.7.